The van der Waals surface area contributed by atoms with Crippen LogP contribution in [0.15, 0.2) is 96.6 Å². The lowest BCUT2D eigenvalue weighted by Gasteiger charge is -2.30. The number of benzene rings is 4. The molecule has 0 fully saturated rings. The van der Waals surface area contributed by atoms with Gasteiger partial charge in [-0.15, -0.1) is 0 Å². The third kappa shape index (κ3) is 3.73. The molecule has 1 N–H and O–H groups in total. The molecule has 2 heteroatoms. The Kier molecular flexibility index (Phi) is 5.36. The lowest BCUT2D eigenvalue weighted by atomic mass is 9.75. The minimum absolute atomic E-state index is 0.332. The van der Waals surface area contributed by atoms with Crippen molar-refractivity contribution in [3.8, 4) is 0 Å². The number of aromatic carboxylic acids is 1. The number of hydrogen-bond donors (Lipinski definition) is 1. The van der Waals surface area contributed by atoms with E-state index in [1.807, 2.05) is 30.3 Å². The Morgan fingerprint density at radius 2 is 1.59 bits per heavy atom. The number of rotatable bonds is 1. The van der Waals surface area contributed by atoms with Gasteiger partial charge in [-0.3, -0.25) is 0 Å². The molecular weight excluding hydrogens is 392 g/mol. The quantitative estimate of drug-likeness (QED) is 0.340. The first-order valence-electron chi connectivity index (χ1n) is 11.2. The summed E-state index contributed by atoms with van der Waals surface area (Å²) in [7, 11) is 0. The average Bonchev–Trinajstić information content (AvgIpc) is 2.84. The van der Waals surface area contributed by atoms with Crippen molar-refractivity contribution in [3.05, 3.63) is 113 Å². The van der Waals surface area contributed by atoms with Crippen molar-refractivity contribution >= 4 is 33.1 Å². The van der Waals surface area contributed by atoms with Crippen molar-refractivity contribution in [1.82, 2.24) is 0 Å². The average molecular weight is 419 g/mol. The van der Waals surface area contributed by atoms with Crippen LogP contribution in [-0.4, -0.2) is 11.1 Å². The van der Waals surface area contributed by atoms with Gasteiger partial charge in [0.25, 0.3) is 0 Å². The molecule has 32 heavy (non-hydrogen) atoms. The third-order valence-electron chi connectivity index (χ3n) is 6.58. The molecule has 0 aliphatic heterocycles. The highest BCUT2D eigenvalue weighted by molar-refractivity contribution is 5.95. The molecule has 0 aromatic heterocycles. The van der Waals surface area contributed by atoms with Crippen LogP contribution in [0.4, 0.5) is 0 Å². The van der Waals surface area contributed by atoms with Crippen LogP contribution in [0.5, 0.6) is 0 Å². The Morgan fingerprint density at radius 1 is 0.875 bits per heavy atom. The molecule has 0 saturated heterocycles. The summed E-state index contributed by atoms with van der Waals surface area (Å²) in [6.07, 6.45) is 8.38. The molecule has 158 valence electrons. The number of carboxylic acids is 1. The van der Waals surface area contributed by atoms with Gasteiger partial charge in [0.2, 0.25) is 0 Å². The van der Waals surface area contributed by atoms with Crippen molar-refractivity contribution in [1.29, 1.82) is 0 Å². The summed E-state index contributed by atoms with van der Waals surface area (Å²) in [6, 6.07) is 26.2. The van der Waals surface area contributed by atoms with Gasteiger partial charge in [-0.2, -0.15) is 0 Å². The zero-order valence-corrected chi connectivity index (χ0v) is 18.2. The van der Waals surface area contributed by atoms with Crippen molar-refractivity contribution in [2.24, 2.45) is 0 Å². The van der Waals surface area contributed by atoms with E-state index in [1.54, 1.807) is 23.3 Å². The van der Waals surface area contributed by atoms with Crippen LogP contribution in [0.3, 0.4) is 0 Å². The molecule has 0 amide bonds. The van der Waals surface area contributed by atoms with E-state index in [1.165, 1.54) is 41.2 Å². The first kappa shape index (κ1) is 20.3. The molecule has 1 unspecified atom stereocenters. The third-order valence-corrected chi connectivity index (χ3v) is 6.58. The minimum atomic E-state index is -0.884. The van der Waals surface area contributed by atoms with Gasteiger partial charge in [-0.1, -0.05) is 91.4 Å². The Bertz CT molecular complexity index is 1390. The number of hydrogen-bond acceptors (Lipinski definition) is 1. The van der Waals surface area contributed by atoms with Gasteiger partial charge >= 0.3 is 5.97 Å². The molecule has 0 radical (unpaired) electrons. The zero-order chi connectivity index (χ0) is 22.1. The maximum absolute atomic E-state index is 10.6. The van der Waals surface area contributed by atoms with Gasteiger partial charge in [-0.25, -0.2) is 4.79 Å². The van der Waals surface area contributed by atoms with E-state index < -0.39 is 5.97 Å². The second-order valence-electron chi connectivity index (χ2n) is 8.68. The van der Waals surface area contributed by atoms with Crippen LogP contribution in [-0.2, 0) is 0 Å². The summed E-state index contributed by atoms with van der Waals surface area (Å²) >= 11 is 0. The number of allylic oxidation sites excluding steroid dienone is 4. The molecule has 6 rings (SSSR count). The predicted octanol–water partition coefficient (Wildman–Crippen LogP) is 7.99. The number of fused-ring (bicyclic) bond motifs is 5. The van der Waals surface area contributed by atoms with Crippen LogP contribution in [0.2, 0.25) is 0 Å². The van der Waals surface area contributed by atoms with Gasteiger partial charge in [0.05, 0.1) is 5.56 Å². The lowest BCUT2D eigenvalue weighted by Crippen LogP contribution is -2.10. The Hall–Kier alpha value is -3.65. The molecule has 2 aliphatic rings. The molecule has 0 bridgehead atoms. The molecule has 2 nitrogen and oxygen atoms in total. The highest BCUT2D eigenvalue weighted by Gasteiger charge is 2.25. The standard InChI is InChI=1S/C19H18.C11H8O2/c1-13-12-15-7-3-4-8-16(15)18-11-10-14-6-2-5-9-17(14)19(13)18;12-11(13)10-6-5-8-3-1-2-4-9(8)7-10/h2,4-6,8-11,13H,3,7,12H2,1H3;1-7H,(H,12,13). The highest BCUT2D eigenvalue weighted by atomic mass is 16.4. The van der Waals surface area contributed by atoms with Crippen LogP contribution >= 0.6 is 0 Å². The Labute approximate surface area is 188 Å². The van der Waals surface area contributed by atoms with Crippen LogP contribution in [0.25, 0.3) is 27.1 Å². The van der Waals surface area contributed by atoms with Crippen molar-refractivity contribution in [2.75, 3.05) is 0 Å². The molecule has 0 spiro atoms. The summed E-state index contributed by atoms with van der Waals surface area (Å²) in [5.41, 5.74) is 6.54. The molecule has 4 aromatic carbocycles. The monoisotopic (exact) mass is 418 g/mol. The maximum atomic E-state index is 10.6. The second kappa shape index (κ2) is 8.47. The van der Waals surface area contributed by atoms with Crippen LogP contribution < -0.4 is 0 Å². The summed E-state index contributed by atoms with van der Waals surface area (Å²) in [4.78, 5) is 10.6. The lowest BCUT2D eigenvalue weighted by molar-refractivity contribution is 0.0697. The van der Waals surface area contributed by atoms with E-state index in [4.69, 9.17) is 5.11 Å². The van der Waals surface area contributed by atoms with Crippen molar-refractivity contribution in [2.45, 2.75) is 32.1 Å². The second-order valence-corrected chi connectivity index (χ2v) is 8.68. The summed E-state index contributed by atoms with van der Waals surface area (Å²) in [5.74, 6) is -0.239. The summed E-state index contributed by atoms with van der Waals surface area (Å²) in [5, 5.41) is 13.6. The normalized spacial score (nSPS) is 16.8. The van der Waals surface area contributed by atoms with E-state index in [0.717, 1.165) is 10.8 Å². The first-order chi connectivity index (χ1) is 15.6. The fraction of sp³-hybridized carbons (Fsp3) is 0.167. The predicted molar refractivity (Wildman–Crippen MR) is 133 cm³/mol. The molecule has 1 atom stereocenters. The smallest absolute Gasteiger partial charge is 0.335 e. The Balaban J connectivity index is 0.000000146. The largest absolute Gasteiger partial charge is 0.478 e. The first-order valence-corrected chi connectivity index (χ1v) is 11.2. The van der Waals surface area contributed by atoms with Crippen LogP contribution in [0.1, 0.15) is 53.6 Å². The minimum Gasteiger partial charge on any atom is -0.478 e. The zero-order valence-electron chi connectivity index (χ0n) is 18.2. The van der Waals surface area contributed by atoms with Crippen molar-refractivity contribution in [3.63, 3.8) is 0 Å². The van der Waals surface area contributed by atoms with Gasteiger partial charge in [-0.05, 0) is 75.6 Å². The molecule has 0 heterocycles. The summed E-state index contributed by atoms with van der Waals surface area (Å²) in [6.45, 7) is 2.38. The Morgan fingerprint density at radius 3 is 2.41 bits per heavy atom. The highest BCUT2D eigenvalue weighted by Crippen LogP contribution is 2.45. The van der Waals surface area contributed by atoms with Gasteiger partial charge in [0, 0.05) is 0 Å². The molecule has 2 aliphatic carbocycles. The topological polar surface area (TPSA) is 37.3 Å². The fourth-order valence-corrected chi connectivity index (χ4v) is 5.06. The maximum Gasteiger partial charge on any atom is 0.335 e. The summed E-state index contributed by atoms with van der Waals surface area (Å²) < 4.78 is 0. The van der Waals surface area contributed by atoms with Gasteiger partial charge < -0.3 is 5.11 Å². The number of carboxylic acid groups (broad SMARTS) is 1. The molecule has 0 saturated carbocycles. The molecular formula is C30H26O2. The van der Waals surface area contributed by atoms with E-state index in [0.29, 0.717) is 11.5 Å². The van der Waals surface area contributed by atoms with Gasteiger partial charge in [0.1, 0.15) is 0 Å². The van der Waals surface area contributed by atoms with Gasteiger partial charge in [0.15, 0.2) is 0 Å². The van der Waals surface area contributed by atoms with E-state index in [-0.39, 0.29) is 0 Å². The van der Waals surface area contributed by atoms with E-state index in [2.05, 4.69) is 55.5 Å². The van der Waals surface area contributed by atoms with E-state index >= 15 is 0 Å². The fourth-order valence-electron chi connectivity index (χ4n) is 5.06. The van der Waals surface area contributed by atoms with Crippen molar-refractivity contribution < 1.29 is 9.90 Å². The SMILES string of the molecule is CC1CC2=C(C=CCC2)c2ccc3ccccc3c21.O=C(O)c1ccc2ccccc2c1. The number of carbonyl (C=O) groups is 1. The molecule has 4 aromatic rings. The van der Waals surface area contributed by atoms with E-state index in [9.17, 15) is 4.79 Å². The van der Waals surface area contributed by atoms with Crippen LogP contribution in [0, 0.1) is 0 Å².